The molecule has 1 aromatic heterocycles. The Labute approximate surface area is 332 Å². The maximum absolute atomic E-state index is 14.2. The number of hydrogen-bond acceptors (Lipinski definition) is 10. The quantitative estimate of drug-likeness (QED) is 0.148. The van der Waals surface area contributed by atoms with Crippen molar-refractivity contribution >= 4 is 41.0 Å². The van der Waals surface area contributed by atoms with Crippen LogP contribution in [0, 0.1) is 17.8 Å². The number of piperidine rings is 1. The largest absolute Gasteiger partial charge is 0.469 e. The van der Waals surface area contributed by atoms with Gasteiger partial charge >= 0.3 is 24.3 Å². The molecule has 19 heteroatoms. The molecule has 1 fully saturated rings. The van der Waals surface area contributed by atoms with E-state index in [0.29, 0.717) is 30.7 Å². The molecule has 2 heterocycles. The van der Waals surface area contributed by atoms with E-state index in [1.165, 1.54) is 24.4 Å². The molecule has 0 radical (unpaired) electrons. The number of nitrogens with one attached hydrogen (secondary N) is 2. The highest BCUT2D eigenvalue weighted by Gasteiger charge is 2.63. The molecular formula is C38H51F6N5O7S. The fourth-order valence-corrected chi connectivity index (χ4v) is 7.84. The highest BCUT2D eigenvalue weighted by atomic mass is 32.1. The molecule has 2 N–H and O–H groups in total. The van der Waals surface area contributed by atoms with E-state index < -0.39 is 90.0 Å². The molecule has 0 spiro atoms. The Kier molecular flexibility index (Phi) is 16.9. The highest BCUT2D eigenvalue weighted by Crippen LogP contribution is 2.42. The smallest absolute Gasteiger partial charge is 0.403 e. The van der Waals surface area contributed by atoms with Gasteiger partial charge in [0.15, 0.2) is 12.0 Å². The highest BCUT2D eigenvalue weighted by molar-refractivity contribution is 7.09. The van der Waals surface area contributed by atoms with Crippen LogP contribution in [0.4, 0.5) is 26.3 Å². The van der Waals surface area contributed by atoms with Crippen molar-refractivity contribution in [2.75, 3.05) is 27.7 Å². The second kappa shape index (κ2) is 20.4. The number of nitrogens with zero attached hydrogens (tertiary/aromatic N) is 3. The molecule has 3 amide bonds. The van der Waals surface area contributed by atoms with Gasteiger partial charge in [-0.25, -0.2) is 4.98 Å². The number of rotatable bonds is 17. The number of alkyl halides is 6. The minimum absolute atomic E-state index is 0.0676. The van der Waals surface area contributed by atoms with Gasteiger partial charge in [-0.05, 0) is 50.8 Å². The number of thiazole rings is 1. The Hall–Kier alpha value is -4.26. The fraction of sp³-hybridized carbons (Fsp3) is 0.632. The molecular weight excluding hydrogens is 785 g/mol. The van der Waals surface area contributed by atoms with Crippen molar-refractivity contribution in [3.8, 4) is 0 Å². The van der Waals surface area contributed by atoms with E-state index in [9.17, 15) is 50.3 Å². The van der Waals surface area contributed by atoms with E-state index in [1.54, 1.807) is 20.8 Å². The summed E-state index contributed by atoms with van der Waals surface area (Å²) in [4.78, 5) is 71.7. The zero-order valence-corrected chi connectivity index (χ0v) is 33.7. The van der Waals surface area contributed by atoms with Gasteiger partial charge in [-0.2, -0.15) is 26.3 Å². The summed E-state index contributed by atoms with van der Waals surface area (Å²) in [6.07, 6.45) is -11.6. The molecule has 3 rings (SSSR count). The molecule has 57 heavy (non-hydrogen) atoms. The van der Waals surface area contributed by atoms with Crippen molar-refractivity contribution in [3.05, 3.63) is 52.0 Å². The predicted molar refractivity (Wildman–Crippen MR) is 198 cm³/mol. The van der Waals surface area contributed by atoms with Crippen LogP contribution in [0.5, 0.6) is 0 Å². The van der Waals surface area contributed by atoms with E-state index >= 15 is 0 Å². The van der Waals surface area contributed by atoms with Crippen LogP contribution in [-0.2, 0) is 35.1 Å². The van der Waals surface area contributed by atoms with E-state index in [4.69, 9.17) is 9.47 Å². The van der Waals surface area contributed by atoms with Crippen LogP contribution >= 0.6 is 11.3 Å². The van der Waals surface area contributed by atoms with Crippen LogP contribution in [0.3, 0.4) is 0 Å². The zero-order valence-electron chi connectivity index (χ0n) is 32.9. The monoisotopic (exact) mass is 835 g/mol. The number of benzene rings is 1. The topological polar surface area (TPSA) is 147 Å². The van der Waals surface area contributed by atoms with Gasteiger partial charge in [0.25, 0.3) is 5.91 Å². The summed E-state index contributed by atoms with van der Waals surface area (Å²) < 4.78 is 95.5. The number of likely N-dealkylation sites (tertiary alicyclic amines) is 1. The van der Waals surface area contributed by atoms with Crippen LogP contribution < -0.4 is 10.6 Å². The van der Waals surface area contributed by atoms with Gasteiger partial charge < -0.3 is 25.0 Å². The Morgan fingerprint density at radius 1 is 0.982 bits per heavy atom. The van der Waals surface area contributed by atoms with Crippen molar-refractivity contribution in [1.29, 1.82) is 0 Å². The normalized spacial score (nSPS) is 17.9. The third-order valence-corrected chi connectivity index (χ3v) is 10.9. The number of halogens is 6. The minimum atomic E-state index is -5.96. The van der Waals surface area contributed by atoms with Crippen LogP contribution in [0.15, 0.2) is 35.7 Å². The molecule has 12 nitrogen and oxygen atoms in total. The summed E-state index contributed by atoms with van der Waals surface area (Å²) in [5.74, 6) is -10.1. The molecule has 0 bridgehead atoms. The zero-order chi connectivity index (χ0) is 42.8. The number of carbonyl (C=O) groups is 5. The molecule has 1 aliphatic rings. The summed E-state index contributed by atoms with van der Waals surface area (Å²) in [6.45, 7) is 6.25. The van der Waals surface area contributed by atoms with E-state index in [-0.39, 0.29) is 30.0 Å². The van der Waals surface area contributed by atoms with Crippen molar-refractivity contribution < 1.29 is 59.8 Å². The van der Waals surface area contributed by atoms with Gasteiger partial charge in [0.1, 0.15) is 16.7 Å². The lowest BCUT2D eigenvalue weighted by molar-refractivity contribution is -0.290. The van der Waals surface area contributed by atoms with Crippen molar-refractivity contribution in [3.63, 3.8) is 0 Å². The van der Waals surface area contributed by atoms with Gasteiger partial charge in [0.05, 0.1) is 19.1 Å². The summed E-state index contributed by atoms with van der Waals surface area (Å²) >= 11 is 0.912. The SMILES string of the molecule is COC(=O)[C@@H](C)C[C@H](Cc1ccccc1)NC(=O)c1csc([C@@H](C[C@H](C(C)C)N(C)C(=O)[C@H](NC(=O)[C@H]2CCCCN2C)C(C(F)(F)F)C(F)(F)F)OC(C)=O)n1. The fourth-order valence-electron chi connectivity index (χ4n) is 7.00. The Bertz CT molecular complexity index is 1660. The molecule has 2 aromatic rings. The summed E-state index contributed by atoms with van der Waals surface area (Å²) in [5, 5.41) is 6.14. The second-order valence-corrected chi connectivity index (χ2v) is 15.6. The average molecular weight is 836 g/mol. The van der Waals surface area contributed by atoms with Crippen LogP contribution in [0.1, 0.15) is 87.0 Å². The van der Waals surface area contributed by atoms with E-state index in [0.717, 1.165) is 30.9 Å². The van der Waals surface area contributed by atoms with Crippen molar-refractivity contribution in [2.45, 2.75) is 109 Å². The standard InChI is InChI=1S/C38H51F6N5O7S/c1-21(2)28(49(6)35(53)30(31(37(39,40)41)38(42,43)44)47-33(52)27-15-11-12-16-48(27)5)19-29(56-23(4)50)34-46-26(20-57-34)32(51)45-25(17-22(3)36(54)55-7)18-24-13-9-8-10-14-24/h8-10,13-14,20-22,25,27-31H,11-12,15-19H2,1-7H3,(H,45,51)(H,47,52)/t22-,25+,27+,28+,29+,30+/m0/s1. The predicted octanol–water partition coefficient (Wildman–Crippen LogP) is 5.87. The Morgan fingerprint density at radius 2 is 1.61 bits per heavy atom. The maximum Gasteiger partial charge on any atom is 0.403 e. The molecule has 1 saturated heterocycles. The van der Waals surface area contributed by atoms with E-state index in [1.807, 2.05) is 35.6 Å². The molecule has 318 valence electrons. The third kappa shape index (κ3) is 13.4. The molecule has 0 aliphatic carbocycles. The molecule has 0 unspecified atom stereocenters. The summed E-state index contributed by atoms with van der Waals surface area (Å²) in [7, 11) is 3.80. The summed E-state index contributed by atoms with van der Waals surface area (Å²) in [5.41, 5.74) is 0.794. The number of carbonyl (C=O) groups excluding carboxylic acids is 5. The molecule has 1 aliphatic heterocycles. The Morgan fingerprint density at radius 3 is 2.16 bits per heavy atom. The average Bonchev–Trinajstić information content (AvgIpc) is 3.62. The first kappa shape index (κ1) is 47.1. The molecule has 1 aromatic carbocycles. The van der Waals surface area contributed by atoms with Gasteiger partial charge in [-0.3, -0.25) is 28.9 Å². The number of likely N-dealkylation sites (N-methyl/N-ethyl adjacent to an activating group) is 2. The first-order valence-corrected chi connectivity index (χ1v) is 19.4. The first-order valence-electron chi connectivity index (χ1n) is 18.5. The van der Waals surface area contributed by atoms with Gasteiger partial charge in [0.2, 0.25) is 11.8 Å². The third-order valence-electron chi connectivity index (χ3n) is 9.99. The molecule has 6 atom stereocenters. The molecule has 0 saturated carbocycles. The van der Waals surface area contributed by atoms with Crippen LogP contribution in [-0.4, -0.2) is 109 Å². The van der Waals surface area contributed by atoms with Crippen molar-refractivity contribution in [2.24, 2.45) is 17.8 Å². The minimum Gasteiger partial charge on any atom is -0.469 e. The second-order valence-electron chi connectivity index (χ2n) is 14.7. The number of ether oxygens (including phenoxy) is 2. The number of methoxy groups -OCH3 is 1. The van der Waals surface area contributed by atoms with Gasteiger partial charge in [-0.15, -0.1) is 11.3 Å². The first-order chi connectivity index (χ1) is 26.5. The maximum atomic E-state index is 14.2. The number of amides is 3. The van der Waals surface area contributed by atoms with Crippen LogP contribution in [0.2, 0.25) is 0 Å². The number of hydrogen-bond donors (Lipinski definition) is 2. The number of aromatic nitrogens is 1. The van der Waals surface area contributed by atoms with Crippen molar-refractivity contribution in [1.82, 2.24) is 25.4 Å². The summed E-state index contributed by atoms with van der Waals surface area (Å²) in [6, 6.07) is 3.39. The van der Waals surface area contributed by atoms with Crippen LogP contribution in [0.25, 0.3) is 0 Å². The van der Waals surface area contributed by atoms with Gasteiger partial charge in [0, 0.05) is 37.9 Å². The number of esters is 2. The lowest BCUT2D eigenvalue weighted by atomic mass is 9.92. The lowest BCUT2D eigenvalue weighted by Crippen LogP contribution is -2.63. The van der Waals surface area contributed by atoms with Gasteiger partial charge in [-0.1, -0.05) is 57.5 Å². The lowest BCUT2D eigenvalue weighted by Gasteiger charge is -2.39. The Balaban J connectivity index is 1.93. The van der Waals surface area contributed by atoms with E-state index in [2.05, 4.69) is 10.3 Å².